The average Bonchev–Trinajstić information content (AvgIpc) is 2.77. The minimum absolute atomic E-state index is 0.0171. The fourth-order valence-corrected chi connectivity index (χ4v) is 2.08. The van der Waals surface area contributed by atoms with Gasteiger partial charge in [0.1, 0.15) is 0 Å². The second-order valence-corrected chi connectivity index (χ2v) is 4.10. The number of likely N-dealkylation sites (tertiary alicyclic amines) is 1. The molecule has 1 heterocycles. The lowest BCUT2D eigenvalue weighted by atomic mass is 10.1. The van der Waals surface area contributed by atoms with E-state index in [-0.39, 0.29) is 18.6 Å². The minimum Gasteiger partial charge on any atom is -0.399 e. The molecule has 1 aromatic rings. The Morgan fingerprint density at radius 3 is 2.75 bits per heavy atom. The number of nitrogens with two attached hydrogens (primary N) is 1. The van der Waals surface area contributed by atoms with Crippen molar-refractivity contribution in [1.82, 2.24) is 4.90 Å². The molecule has 1 aromatic carbocycles. The van der Waals surface area contributed by atoms with Gasteiger partial charge in [-0.1, -0.05) is 0 Å². The minimum atomic E-state index is -0.0231. The van der Waals surface area contributed by atoms with Gasteiger partial charge in [0.25, 0.3) is 5.91 Å². The summed E-state index contributed by atoms with van der Waals surface area (Å²) in [6.07, 6.45) is 1.85. The highest BCUT2D eigenvalue weighted by Crippen LogP contribution is 2.20. The summed E-state index contributed by atoms with van der Waals surface area (Å²) in [5.41, 5.74) is 6.85. The third kappa shape index (κ3) is 2.02. The molecule has 0 bridgehead atoms. The fraction of sp³-hybridized carbons (Fsp3) is 0.417. The van der Waals surface area contributed by atoms with E-state index < -0.39 is 0 Å². The zero-order valence-electron chi connectivity index (χ0n) is 9.10. The quantitative estimate of drug-likeness (QED) is 0.727. The van der Waals surface area contributed by atoms with E-state index in [0.29, 0.717) is 11.3 Å². The Balaban J connectivity index is 2.15. The summed E-state index contributed by atoms with van der Waals surface area (Å²) in [4.78, 5) is 13.8. The first-order valence-corrected chi connectivity index (χ1v) is 5.49. The van der Waals surface area contributed by atoms with E-state index in [0.717, 1.165) is 19.4 Å². The Kier molecular flexibility index (Phi) is 3.10. The van der Waals surface area contributed by atoms with Crippen LogP contribution in [0.4, 0.5) is 5.69 Å². The maximum Gasteiger partial charge on any atom is 0.254 e. The van der Waals surface area contributed by atoms with Crippen LogP contribution in [-0.4, -0.2) is 35.1 Å². The van der Waals surface area contributed by atoms with E-state index >= 15 is 0 Å². The smallest absolute Gasteiger partial charge is 0.254 e. The van der Waals surface area contributed by atoms with Gasteiger partial charge in [-0.15, -0.1) is 0 Å². The van der Waals surface area contributed by atoms with Gasteiger partial charge in [0.05, 0.1) is 12.6 Å². The van der Waals surface area contributed by atoms with E-state index in [9.17, 15) is 4.79 Å². The predicted molar refractivity (Wildman–Crippen MR) is 62.0 cm³/mol. The van der Waals surface area contributed by atoms with E-state index in [4.69, 9.17) is 10.8 Å². The summed E-state index contributed by atoms with van der Waals surface area (Å²) >= 11 is 0. The number of carbonyl (C=O) groups is 1. The first kappa shape index (κ1) is 11.0. The van der Waals surface area contributed by atoms with E-state index in [1.807, 2.05) is 0 Å². The maximum absolute atomic E-state index is 12.1. The molecule has 1 aliphatic rings. The molecule has 4 heteroatoms. The number of hydrogen-bond donors (Lipinski definition) is 2. The van der Waals surface area contributed by atoms with Crippen molar-refractivity contribution < 1.29 is 9.90 Å². The van der Waals surface area contributed by atoms with Crippen molar-refractivity contribution in [2.75, 3.05) is 18.9 Å². The highest BCUT2D eigenvalue weighted by molar-refractivity contribution is 5.94. The van der Waals surface area contributed by atoms with Gasteiger partial charge in [0.2, 0.25) is 0 Å². The number of aliphatic hydroxyl groups is 1. The van der Waals surface area contributed by atoms with Crippen molar-refractivity contribution in [2.45, 2.75) is 18.9 Å². The van der Waals surface area contributed by atoms with Crippen LogP contribution in [0.15, 0.2) is 24.3 Å². The Morgan fingerprint density at radius 2 is 2.12 bits per heavy atom. The van der Waals surface area contributed by atoms with Crippen molar-refractivity contribution in [3.8, 4) is 0 Å². The highest BCUT2D eigenvalue weighted by atomic mass is 16.3. The molecule has 0 radical (unpaired) electrons. The van der Waals surface area contributed by atoms with Gasteiger partial charge in [0.15, 0.2) is 0 Å². The molecule has 1 saturated heterocycles. The molecule has 86 valence electrons. The van der Waals surface area contributed by atoms with Gasteiger partial charge >= 0.3 is 0 Å². The zero-order valence-corrected chi connectivity index (χ0v) is 9.10. The van der Waals surface area contributed by atoms with Crippen LogP contribution in [-0.2, 0) is 0 Å². The molecule has 2 rings (SSSR count). The first-order valence-electron chi connectivity index (χ1n) is 5.49. The SMILES string of the molecule is Nc1ccc(C(=O)N2CCC[C@@H]2CO)cc1. The summed E-state index contributed by atoms with van der Waals surface area (Å²) in [5, 5.41) is 9.16. The molecule has 0 spiro atoms. The molecule has 1 aliphatic heterocycles. The van der Waals surface area contributed by atoms with Crippen molar-refractivity contribution >= 4 is 11.6 Å². The van der Waals surface area contributed by atoms with Crippen molar-refractivity contribution in [3.63, 3.8) is 0 Å². The summed E-state index contributed by atoms with van der Waals surface area (Å²) in [7, 11) is 0. The first-order chi connectivity index (χ1) is 7.72. The number of aliphatic hydroxyl groups excluding tert-OH is 1. The lowest BCUT2D eigenvalue weighted by Crippen LogP contribution is -2.37. The summed E-state index contributed by atoms with van der Waals surface area (Å²) < 4.78 is 0. The van der Waals surface area contributed by atoms with E-state index in [1.165, 1.54) is 0 Å². The van der Waals surface area contributed by atoms with Gasteiger partial charge in [-0.25, -0.2) is 0 Å². The summed E-state index contributed by atoms with van der Waals surface area (Å²) in [6.45, 7) is 0.773. The monoisotopic (exact) mass is 220 g/mol. The molecule has 1 amide bonds. The van der Waals surface area contributed by atoms with Crippen molar-refractivity contribution in [1.29, 1.82) is 0 Å². The molecular weight excluding hydrogens is 204 g/mol. The molecule has 0 unspecified atom stereocenters. The average molecular weight is 220 g/mol. The van der Waals surface area contributed by atoms with Crippen LogP contribution < -0.4 is 5.73 Å². The molecular formula is C12H16N2O2. The molecule has 4 nitrogen and oxygen atoms in total. The normalized spacial score (nSPS) is 20.1. The number of benzene rings is 1. The molecule has 0 aliphatic carbocycles. The topological polar surface area (TPSA) is 66.6 Å². The lowest BCUT2D eigenvalue weighted by molar-refractivity contribution is 0.0677. The van der Waals surface area contributed by atoms with Gasteiger partial charge in [-0.05, 0) is 37.1 Å². The van der Waals surface area contributed by atoms with Crippen LogP contribution in [0.3, 0.4) is 0 Å². The second-order valence-electron chi connectivity index (χ2n) is 4.10. The van der Waals surface area contributed by atoms with Crippen LogP contribution in [0, 0.1) is 0 Å². The number of rotatable bonds is 2. The Hall–Kier alpha value is -1.55. The second kappa shape index (κ2) is 4.53. The van der Waals surface area contributed by atoms with Crippen LogP contribution >= 0.6 is 0 Å². The van der Waals surface area contributed by atoms with Gasteiger partial charge in [-0.3, -0.25) is 4.79 Å². The Labute approximate surface area is 94.7 Å². The Bertz CT molecular complexity index is 375. The van der Waals surface area contributed by atoms with Gasteiger partial charge in [0, 0.05) is 17.8 Å². The zero-order chi connectivity index (χ0) is 11.5. The highest BCUT2D eigenvalue weighted by Gasteiger charge is 2.28. The lowest BCUT2D eigenvalue weighted by Gasteiger charge is -2.23. The molecule has 3 N–H and O–H groups in total. The van der Waals surface area contributed by atoms with Gasteiger partial charge < -0.3 is 15.7 Å². The maximum atomic E-state index is 12.1. The molecule has 1 fully saturated rings. The molecule has 0 saturated carbocycles. The third-order valence-corrected chi connectivity index (χ3v) is 3.01. The number of amides is 1. The largest absolute Gasteiger partial charge is 0.399 e. The van der Waals surface area contributed by atoms with E-state index in [2.05, 4.69) is 0 Å². The number of nitrogen functional groups attached to an aromatic ring is 1. The number of hydrogen-bond acceptors (Lipinski definition) is 3. The third-order valence-electron chi connectivity index (χ3n) is 3.01. The molecule has 16 heavy (non-hydrogen) atoms. The van der Waals surface area contributed by atoms with E-state index in [1.54, 1.807) is 29.2 Å². The van der Waals surface area contributed by atoms with Crippen LogP contribution in [0.1, 0.15) is 23.2 Å². The van der Waals surface area contributed by atoms with Crippen molar-refractivity contribution in [3.05, 3.63) is 29.8 Å². The summed E-state index contributed by atoms with van der Waals surface area (Å²) in [5.74, 6) is -0.0171. The van der Waals surface area contributed by atoms with Gasteiger partial charge in [-0.2, -0.15) is 0 Å². The molecule has 0 aromatic heterocycles. The predicted octanol–water partition coefficient (Wildman–Crippen LogP) is 0.866. The fourth-order valence-electron chi connectivity index (χ4n) is 2.08. The standard InChI is InChI=1S/C12H16N2O2/c13-10-5-3-9(4-6-10)12(16)14-7-1-2-11(14)8-15/h3-6,11,15H,1-2,7-8,13H2/t11-/m1/s1. The summed E-state index contributed by atoms with van der Waals surface area (Å²) in [6, 6.07) is 6.87. The molecule has 1 atom stereocenters. The van der Waals surface area contributed by atoms with Crippen LogP contribution in [0.25, 0.3) is 0 Å². The number of nitrogens with zero attached hydrogens (tertiary/aromatic N) is 1. The Morgan fingerprint density at radius 1 is 1.44 bits per heavy atom. The number of anilines is 1. The number of carbonyl (C=O) groups excluding carboxylic acids is 1. The van der Waals surface area contributed by atoms with Crippen molar-refractivity contribution in [2.24, 2.45) is 0 Å². The van der Waals surface area contributed by atoms with Crippen LogP contribution in [0.5, 0.6) is 0 Å². The van der Waals surface area contributed by atoms with Crippen LogP contribution in [0.2, 0.25) is 0 Å².